The Hall–Kier alpha value is -1.69. The van der Waals surface area contributed by atoms with Gasteiger partial charge in [0.1, 0.15) is 18.0 Å². The van der Waals surface area contributed by atoms with Crippen molar-refractivity contribution in [3.05, 3.63) is 12.4 Å². The first-order valence-electron chi connectivity index (χ1n) is 6.74. The lowest BCUT2D eigenvalue weighted by atomic mass is 10.3. The number of anilines is 2. The fraction of sp³-hybridized carbons (Fsp3) is 0.615. The summed E-state index contributed by atoms with van der Waals surface area (Å²) >= 11 is 0. The topological polar surface area (TPSA) is 52.6 Å². The van der Waals surface area contributed by atoms with Gasteiger partial charge in [0.2, 0.25) is 0 Å². The van der Waals surface area contributed by atoms with E-state index >= 15 is 0 Å². The highest BCUT2D eigenvalue weighted by atomic mass is 16.1. The van der Waals surface area contributed by atoms with Crippen molar-refractivity contribution in [2.45, 2.75) is 6.42 Å². The molecule has 0 amide bonds. The summed E-state index contributed by atoms with van der Waals surface area (Å²) in [6.07, 6.45) is 2.24. The third kappa shape index (κ3) is 2.68. The predicted molar refractivity (Wildman–Crippen MR) is 73.6 cm³/mol. The lowest BCUT2D eigenvalue weighted by molar-refractivity contribution is -0.116. The van der Waals surface area contributed by atoms with Crippen LogP contribution in [0.25, 0.3) is 0 Å². The number of Topliss-reactive ketones (excluding diaryl/α,β-unsaturated/α-hetero) is 1. The van der Waals surface area contributed by atoms with Crippen LogP contribution in [0.5, 0.6) is 0 Å². The molecular formula is C13H19N5O. The van der Waals surface area contributed by atoms with Gasteiger partial charge in [0, 0.05) is 45.2 Å². The molecular weight excluding hydrogens is 242 g/mol. The average molecular weight is 261 g/mol. The smallest absolute Gasteiger partial charge is 0.153 e. The Kier molecular flexibility index (Phi) is 3.33. The molecule has 0 atom stereocenters. The molecule has 0 spiro atoms. The highest BCUT2D eigenvalue weighted by Gasteiger charge is 2.22. The highest BCUT2D eigenvalue weighted by Crippen LogP contribution is 2.21. The Morgan fingerprint density at radius 3 is 2.32 bits per heavy atom. The van der Waals surface area contributed by atoms with Crippen LogP contribution in [0.3, 0.4) is 0 Å². The number of aromatic nitrogens is 2. The second-order valence-corrected chi connectivity index (χ2v) is 5.23. The molecule has 6 nitrogen and oxygen atoms in total. The summed E-state index contributed by atoms with van der Waals surface area (Å²) in [6, 6.07) is 2.00. The summed E-state index contributed by atoms with van der Waals surface area (Å²) in [7, 11) is 2.14. The van der Waals surface area contributed by atoms with Crippen LogP contribution in [-0.2, 0) is 4.79 Å². The summed E-state index contributed by atoms with van der Waals surface area (Å²) in [5.74, 6) is 2.13. The molecule has 3 heterocycles. The first-order valence-corrected chi connectivity index (χ1v) is 6.74. The van der Waals surface area contributed by atoms with Gasteiger partial charge in [0.15, 0.2) is 5.78 Å². The van der Waals surface area contributed by atoms with Crippen molar-refractivity contribution >= 4 is 17.4 Å². The summed E-state index contributed by atoms with van der Waals surface area (Å²) in [6.45, 7) is 5.36. The van der Waals surface area contributed by atoms with Crippen molar-refractivity contribution in [1.82, 2.24) is 14.9 Å². The molecule has 2 saturated heterocycles. The van der Waals surface area contributed by atoms with Gasteiger partial charge in [-0.2, -0.15) is 0 Å². The van der Waals surface area contributed by atoms with Crippen LogP contribution < -0.4 is 9.80 Å². The molecule has 0 aromatic carbocycles. The van der Waals surface area contributed by atoms with Crippen molar-refractivity contribution in [3.8, 4) is 0 Å². The van der Waals surface area contributed by atoms with Crippen molar-refractivity contribution in [1.29, 1.82) is 0 Å². The van der Waals surface area contributed by atoms with E-state index in [0.29, 0.717) is 18.7 Å². The third-order valence-electron chi connectivity index (χ3n) is 3.82. The van der Waals surface area contributed by atoms with Crippen molar-refractivity contribution in [2.75, 3.05) is 56.1 Å². The van der Waals surface area contributed by atoms with E-state index in [1.165, 1.54) is 0 Å². The molecule has 1 aromatic rings. The first kappa shape index (κ1) is 12.3. The molecule has 2 aliphatic heterocycles. The third-order valence-corrected chi connectivity index (χ3v) is 3.82. The minimum Gasteiger partial charge on any atom is -0.354 e. The minimum atomic E-state index is 0.291. The number of carbonyl (C=O) groups is 1. The molecule has 0 saturated carbocycles. The number of likely N-dealkylation sites (N-methyl/N-ethyl adjacent to an activating group) is 1. The van der Waals surface area contributed by atoms with Gasteiger partial charge in [-0.15, -0.1) is 0 Å². The van der Waals surface area contributed by atoms with Crippen molar-refractivity contribution < 1.29 is 4.79 Å². The van der Waals surface area contributed by atoms with Crippen LogP contribution in [0, 0.1) is 0 Å². The maximum atomic E-state index is 11.3. The standard InChI is InChI=1S/C13H19N5O/c1-16-4-6-17(7-5-16)12-8-13(15-10-14-12)18-3-2-11(19)9-18/h8,10H,2-7,9H2,1H3. The summed E-state index contributed by atoms with van der Waals surface area (Å²) in [5.41, 5.74) is 0. The van der Waals surface area contributed by atoms with Gasteiger partial charge in [-0.1, -0.05) is 0 Å². The lowest BCUT2D eigenvalue weighted by Crippen LogP contribution is -2.44. The van der Waals surface area contributed by atoms with Gasteiger partial charge < -0.3 is 14.7 Å². The zero-order chi connectivity index (χ0) is 13.2. The average Bonchev–Trinajstić information content (AvgIpc) is 2.86. The van der Waals surface area contributed by atoms with Gasteiger partial charge in [-0.05, 0) is 7.05 Å². The molecule has 0 aliphatic carbocycles. The molecule has 0 unspecified atom stereocenters. The lowest BCUT2D eigenvalue weighted by Gasteiger charge is -2.33. The van der Waals surface area contributed by atoms with E-state index < -0.39 is 0 Å². The zero-order valence-corrected chi connectivity index (χ0v) is 11.2. The fourth-order valence-corrected chi connectivity index (χ4v) is 2.54. The molecule has 3 rings (SSSR count). The molecule has 2 fully saturated rings. The first-order chi connectivity index (χ1) is 9.22. The number of piperazine rings is 1. The number of ketones is 1. The van der Waals surface area contributed by atoms with Crippen LogP contribution >= 0.6 is 0 Å². The summed E-state index contributed by atoms with van der Waals surface area (Å²) in [4.78, 5) is 26.6. The van der Waals surface area contributed by atoms with Gasteiger partial charge in [0.05, 0.1) is 6.54 Å². The fourth-order valence-electron chi connectivity index (χ4n) is 2.54. The number of hydrogen-bond donors (Lipinski definition) is 0. The summed E-state index contributed by atoms with van der Waals surface area (Å²) < 4.78 is 0. The normalized spacial score (nSPS) is 21.2. The van der Waals surface area contributed by atoms with Gasteiger partial charge in [0.25, 0.3) is 0 Å². The van der Waals surface area contributed by atoms with Crippen LogP contribution in [0.15, 0.2) is 12.4 Å². The quantitative estimate of drug-likeness (QED) is 0.747. The molecule has 0 radical (unpaired) electrons. The Bertz CT molecular complexity index is 470. The van der Waals surface area contributed by atoms with Crippen molar-refractivity contribution in [2.24, 2.45) is 0 Å². The van der Waals surface area contributed by atoms with E-state index in [9.17, 15) is 4.79 Å². The van der Waals surface area contributed by atoms with Crippen LogP contribution in [0.1, 0.15) is 6.42 Å². The second-order valence-electron chi connectivity index (χ2n) is 5.23. The number of carbonyl (C=O) groups excluding carboxylic acids is 1. The van der Waals surface area contributed by atoms with E-state index in [0.717, 1.165) is 44.4 Å². The van der Waals surface area contributed by atoms with E-state index in [1.54, 1.807) is 6.33 Å². The molecule has 19 heavy (non-hydrogen) atoms. The van der Waals surface area contributed by atoms with E-state index in [1.807, 2.05) is 11.0 Å². The van der Waals surface area contributed by atoms with Gasteiger partial charge in [-0.3, -0.25) is 4.79 Å². The maximum absolute atomic E-state index is 11.3. The molecule has 1 aromatic heterocycles. The monoisotopic (exact) mass is 261 g/mol. The Labute approximate surface area is 113 Å². The molecule has 0 N–H and O–H groups in total. The van der Waals surface area contributed by atoms with Crippen molar-refractivity contribution in [3.63, 3.8) is 0 Å². The Morgan fingerprint density at radius 1 is 1.00 bits per heavy atom. The second kappa shape index (κ2) is 5.13. The van der Waals surface area contributed by atoms with Gasteiger partial charge >= 0.3 is 0 Å². The Balaban J connectivity index is 1.74. The van der Waals surface area contributed by atoms with Crippen LogP contribution in [0.4, 0.5) is 11.6 Å². The molecule has 0 bridgehead atoms. The number of hydrogen-bond acceptors (Lipinski definition) is 6. The van der Waals surface area contributed by atoms with Gasteiger partial charge in [-0.25, -0.2) is 9.97 Å². The molecule has 102 valence electrons. The van der Waals surface area contributed by atoms with Crippen LogP contribution in [0.2, 0.25) is 0 Å². The maximum Gasteiger partial charge on any atom is 0.153 e. The molecule has 2 aliphatic rings. The van der Waals surface area contributed by atoms with E-state index in [4.69, 9.17) is 0 Å². The predicted octanol–water partition coefficient (Wildman–Crippen LogP) is 0.00760. The largest absolute Gasteiger partial charge is 0.354 e. The number of nitrogens with zero attached hydrogens (tertiary/aromatic N) is 5. The Morgan fingerprint density at radius 2 is 1.68 bits per heavy atom. The van der Waals surface area contributed by atoms with E-state index in [2.05, 4.69) is 26.8 Å². The molecule has 6 heteroatoms. The van der Waals surface area contributed by atoms with E-state index in [-0.39, 0.29) is 0 Å². The number of rotatable bonds is 2. The van der Waals surface area contributed by atoms with Crippen LogP contribution in [-0.4, -0.2) is 67.0 Å². The highest BCUT2D eigenvalue weighted by molar-refractivity contribution is 5.86. The summed E-state index contributed by atoms with van der Waals surface area (Å²) in [5, 5.41) is 0. The minimum absolute atomic E-state index is 0.291. The SMILES string of the molecule is CN1CCN(c2cc(N3CCC(=O)C3)ncn2)CC1. The zero-order valence-electron chi connectivity index (χ0n) is 11.2.